The molecule has 5 heteroatoms. The van der Waals surface area contributed by atoms with Crippen molar-refractivity contribution >= 4 is 11.9 Å². The molecule has 1 unspecified atom stereocenters. The Bertz CT molecular complexity index is 913. The molecule has 1 atom stereocenters. The van der Waals surface area contributed by atoms with E-state index in [-0.39, 0.29) is 24.2 Å². The van der Waals surface area contributed by atoms with Crippen LogP contribution in [-0.2, 0) is 27.2 Å². The molecule has 0 saturated heterocycles. The van der Waals surface area contributed by atoms with Crippen molar-refractivity contribution in [2.75, 3.05) is 0 Å². The first kappa shape index (κ1) is 20.6. The number of ether oxygens (including phenoxy) is 1. The molecule has 1 aliphatic heterocycles. The molecule has 1 amide bonds. The maximum Gasteiger partial charge on any atom is 0.339 e. The summed E-state index contributed by atoms with van der Waals surface area (Å²) in [5.41, 5.74) is -0.263. The SMILES string of the molecule is CC(C)(C)NC(=O)C1(CCc2ccccc2)OC(=O)C(Cc2ccccc2)=C1O. The highest BCUT2D eigenvalue weighted by molar-refractivity contribution is 6.01. The van der Waals surface area contributed by atoms with Gasteiger partial charge in [-0.3, -0.25) is 4.79 Å². The second-order valence-electron chi connectivity index (χ2n) is 8.40. The average Bonchev–Trinajstić information content (AvgIpc) is 2.92. The molecule has 0 aliphatic carbocycles. The van der Waals surface area contributed by atoms with Crippen LogP contribution in [0.2, 0.25) is 0 Å². The number of carbonyl (C=O) groups excluding carboxylic acids is 2. The average molecular weight is 393 g/mol. The molecule has 152 valence electrons. The lowest BCUT2D eigenvalue weighted by Gasteiger charge is -2.31. The summed E-state index contributed by atoms with van der Waals surface area (Å²) in [6.45, 7) is 5.54. The number of aliphatic hydroxyl groups excluding tert-OH is 1. The van der Waals surface area contributed by atoms with Crippen LogP contribution in [0.5, 0.6) is 0 Å². The molecule has 0 spiro atoms. The third kappa shape index (κ3) is 4.67. The number of aliphatic hydroxyl groups is 1. The molecule has 1 heterocycles. The van der Waals surface area contributed by atoms with Gasteiger partial charge in [0, 0.05) is 18.4 Å². The summed E-state index contributed by atoms with van der Waals surface area (Å²) in [4.78, 5) is 25.8. The zero-order valence-electron chi connectivity index (χ0n) is 17.1. The maximum atomic E-state index is 13.2. The number of esters is 1. The van der Waals surface area contributed by atoms with Gasteiger partial charge in [-0.2, -0.15) is 0 Å². The lowest BCUT2D eigenvalue weighted by atomic mass is 9.89. The third-order valence-corrected chi connectivity index (χ3v) is 4.87. The highest BCUT2D eigenvalue weighted by Crippen LogP contribution is 2.37. The van der Waals surface area contributed by atoms with Crippen molar-refractivity contribution in [3.05, 3.63) is 83.1 Å². The summed E-state index contributed by atoms with van der Waals surface area (Å²) in [7, 11) is 0. The first-order valence-electron chi connectivity index (χ1n) is 9.78. The molecule has 1 aliphatic rings. The monoisotopic (exact) mass is 393 g/mol. The van der Waals surface area contributed by atoms with Crippen molar-refractivity contribution in [3.8, 4) is 0 Å². The molecule has 2 aromatic carbocycles. The van der Waals surface area contributed by atoms with Crippen LogP contribution in [0.15, 0.2) is 72.0 Å². The van der Waals surface area contributed by atoms with Gasteiger partial charge < -0.3 is 15.2 Å². The molecule has 0 radical (unpaired) electrons. The van der Waals surface area contributed by atoms with E-state index in [1.54, 1.807) is 0 Å². The smallest absolute Gasteiger partial charge is 0.339 e. The predicted molar refractivity (Wildman–Crippen MR) is 111 cm³/mol. The minimum atomic E-state index is -1.72. The number of hydrogen-bond donors (Lipinski definition) is 2. The van der Waals surface area contributed by atoms with Crippen molar-refractivity contribution < 1.29 is 19.4 Å². The molecule has 3 rings (SSSR count). The second-order valence-corrected chi connectivity index (χ2v) is 8.40. The van der Waals surface area contributed by atoms with E-state index in [0.29, 0.717) is 6.42 Å². The number of benzene rings is 2. The van der Waals surface area contributed by atoms with Gasteiger partial charge in [0.25, 0.3) is 5.91 Å². The van der Waals surface area contributed by atoms with E-state index in [1.165, 1.54) is 0 Å². The summed E-state index contributed by atoms with van der Waals surface area (Å²) in [5, 5.41) is 13.9. The van der Waals surface area contributed by atoms with Crippen molar-refractivity contribution in [1.29, 1.82) is 0 Å². The summed E-state index contributed by atoms with van der Waals surface area (Å²) in [5.74, 6) is -1.44. The van der Waals surface area contributed by atoms with Gasteiger partial charge in [-0.15, -0.1) is 0 Å². The van der Waals surface area contributed by atoms with E-state index >= 15 is 0 Å². The lowest BCUT2D eigenvalue weighted by Crippen LogP contribution is -2.54. The third-order valence-electron chi connectivity index (χ3n) is 4.87. The predicted octanol–water partition coefficient (Wildman–Crippen LogP) is 3.88. The van der Waals surface area contributed by atoms with Gasteiger partial charge in [-0.05, 0) is 38.3 Å². The molecular formula is C24H27NO4. The first-order chi connectivity index (χ1) is 13.7. The van der Waals surface area contributed by atoms with E-state index in [4.69, 9.17) is 4.74 Å². The molecular weight excluding hydrogens is 366 g/mol. The van der Waals surface area contributed by atoms with Crippen molar-refractivity contribution in [2.24, 2.45) is 0 Å². The second kappa shape index (κ2) is 8.11. The minimum absolute atomic E-state index is 0.133. The van der Waals surface area contributed by atoms with Gasteiger partial charge >= 0.3 is 5.97 Å². The number of rotatable bonds is 6. The van der Waals surface area contributed by atoms with Crippen LogP contribution in [0.3, 0.4) is 0 Å². The highest BCUT2D eigenvalue weighted by atomic mass is 16.6. The normalized spacial score (nSPS) is 19.2. The molecule has 0 aromatic heterocycles. The van der Waals surface area contributed by atoms with E-state index in [2.05, 4.69) is 5.32 Å². The fourth-order valence-corrected chi connectivity index (χ4v) is 3.41. The van der Waals surface area contributed by atoms with Crippen LogP contribution in [0.4, 0.5) is 0 Å². The van der Waals surface area contributed by atoms with Crippen molar-refractivity contribution in [2.45, 2.75) is 51.2 Å². The fraction of sp³-hybridized carbons (Fsp3) is 0.333. The number of aryl methyl sites for hydroxylation is 1. The largest absolute Gasteiger partial charge is 0.507 e. The van der Waals surface area contributed by atoms with Crippen molar-refractivity contribution in [3.63, 3.8) is 0 Å². The minimum Gasteiger partial charge on any atom is -0.507 e. The summed E-state index contributed by atoms with van der Waals surface area (Å²) in [6, 6.07) is 19.0. The Morgan fingerprint density at radius 2 is 1.55 bits per heavy atom. The Hall–Kier alpha value is -3.08. The van der Waals surface area contributed by atoms with Crippen LogP contribution in [0.1, 0.15) is 38.3 Å². The quantitative estimate of drug-likeness (QED) is 0.730. The van der Waals surface area contributed by atoms with Crippen LogP contribution in [0, 0.1) is 0 Å². The molecule has 2 aromatic rings. The van der Waals surface area contributed by atoms with E-state index in [0.717, 1.165) is 11.1 Å². The Balaban J connectivity index is 1.95. The van der Waals surface area contributed by atoms with Gasteiger partial charge in [-0.1, -0.05) is 60.7 Å². The zero-order chi connectivity index (χ0) is 21.1. The standard InChI is InChI=1S/C24H27NO4/c1-23(2,3)25-22(28)24(15-14-17-10-6-4-7-11-17)20(26)19(21(27)29-24)16-18-12-8-5-9-13-18/h4-13,26H,14-16H2,1-3H3,(H,25,28). The Morgan fingerprint density at radius 1 is 1.00 bits per heavy atom. The zero-order valence-corrected chi connectivity index (χ0v) is 17.1. The lowest BCUT2D eigenvalue weighted by molar-refractivity contribution is -0.160. The van der Waals surface area contributed by atoms with Gasteiger partial charge in [-0.25, -0.2) is 4.79 Å². The number of nitrogens with one attached hydrogen (secondary N) is 1. The Morgan fingerprint density at radius 3 is 2.10 bits per heavy atom. The van der Waals surface area contributed by atoms with Gasteiger partial charge in [0.15, 0.2) is 5.76 Å². The van der Waals surface area contributed by atoms with Gasteiger partial charge in [0.2, 0.25) is 5.60 Å². The Labute approximate surface area is 171 Å². The maximum absolute atomic E-state index is 13.2. The Kier molecular flexibility index (Phi) is 5.78. The van der Waals surface area contributed by atoms with Crippen LogP contribution in [-0.4, -0.2) is 28.1 Å². The molecule has 2 N–H and O–H groups in total. The highest BCUT2D eigenvalue weighted by Gasteiger charge is 2.54. The van der Waals surface area contributed by atoms with Crippen LogP contribution < -0.4 is 5.32 Å². The number of amides is 1. The van der Waals surface area contributed by atoms with E-state index < -0.39 is 23.0 Å². The number of carbonyl (C=O) groups is 2. The number of hydrogen-bond acceptors (Lipinski definition) is 4. The molecule has 0 bridgehead atoms. The summed E-state index contributed by atoms with van der Waals surface area (Å²) in [6.07, 6.45) is 0.852. The fourth-order valence-electron chi connectivity index (χ4n) is 3.41. The molecule has 0 fully saturated rings. The van der Waals surface area contributed by atoms with Crippen LogP contribution >= 0.6 is 0 Å². The van der Waals surface area contributed by atoms with Crippen molar-refractivity contribution in [1.82, 2.24) is 5.32 Å². The van der Waals surface area contributed by atoms with E-state index in [1.807, 2.05) is 81.4 Å². The van der Waals surface area contributed by atoms with Crippen LogP contribution in [0.25, 0.3) is 0 Å². The molecule has 29 heavy (non-hydrogen) atoms. The summed E-state index contributed by atoms with van der Waals surface area (Å²) >= 11 is 0. The van der Waals surface area contributed by atoms with Gasteiger partial charge in [0.05, 0.1) is 5.57 Å². The first-order valence-corrected chi connectivity index (χ1v) is 9.78. The molecule has 0 saturated carbocycles. The summed E-state index contributed by atoms with van der Waals surface area (Å²) < 4.78 is 5.60. The topological polar surface area (TPSA) is 75.6 Å². The van der Waals surface area contributed by atoms with E-state index in [9.17, 15) is 14.7 Å². The molecule has 5 nitrogen and oxygen atoms in total. The number of cyclic esters (lactones) is 1. The van der Waals surface area contributed by atoms with Gasteiger partial charge in [0.1, 0.15) is 0 Å².